The van der Waals surface area contributed by atoms with Crippen molar-refractivity contribution in [2.24, 2.45) is 0 Å². The Balaban J connectivity index is 2.91. The van der Waals surface area contributed by atoms with Crippen molar-refractivity contribution < 1.29 is 22.7 Å². The second-order valence-electron chi connectivity index (χ2n) is 3.21. The highest BCUT2D eigenvalue weighted by Gasteiger charge is 2.31. The molecule has 0 atom stereocenters. The summed E-state index contributed by atoms with van der Waals surface area (Å²) >= 11 is 0. The van der Waals surface area contributed by atoms with E-state index in [0.717, 1.165) is 12.1 Å². The number of esters is 1. The number of hydrogen-bond donors (Lipinski definition) is 1. The Morgan fingerprint density at radius 3 is 2.53 bits per heavy atom. The van der Waals surface area contributed by atoms with Crippen molar-refractivity contribution in [2.45, 2.75) is 19.5 Å². The third-order valence-electron chi connectivity index (χ3n) is 1.94. The smallest absolute Gasteiger partial charge is 0.431 e. The first-order valence-electron chi connectivity index (χ1n) is 4.79. The van der Waals surface area contributed by atoms with Gasteiger partial charge in [-0.05, 0) is 13.0 Å². The number of carbonyl (C=O) groups is 1. The highest BCUT2D eigenvalue weighted by Crippen LogP contribution is 2.26. The van der Waals surface area contributed by atoms with Crippen LogP contribution in [0.4, 0.5) is 13.2 Å². The molecule has 94 valence electrons. The Bertz CT molecular complexity index is 465. The molecule has 0 unspecified atom stereocenters. The lowest BCUT2D eigenvalue weighted by Crippen LogP contribution is -2.21. The van der Waals surface area contributed by atoms with Gasteiger partial charge in [-0.15, -0.1) is 0 Å². The standard InChI is InChI=1S/C10H10F3NO3/c1-2-17-8(15)5-6-3-4-7(10(11,12)13)14-9(6)16/h3-4H,2,5H2,1H3,(H,14,16). The lowest BCUT2D eigenvalue weighted by atomic mass is 10.2. The minimum atomic E-state index is -4.61. The maximum atomic E-state index is 12.2. The molecule has 0 spiro atoms. The van der Waals surface area contributed by atoms with Crippen LogP contribution in [0, 0.1) is 0 Å². The maximum Gasteiger partial charge on any atom is 0.431 e. The average Bonchev–Trinajstić information content (AvgIpc) is 2.20. The molecule has 0 aliphatic rings. The highest BCUT2D eigenvalue weighted by atomic mass is 19.4. The van der Waals surface area contributed by atoms with E-state index in [2.05, 4.69) is 4.74 Å². The van der Waals surface area contributed by atoms with Gasteiger partial charge in [0, 0.05) is 5.56 Å². The number of alkyl halides is 3. The van der Waals surface area contributed by atoms with E-state index in [-0.39, 0.29) is 18.6 Å². The third-order valence-corrected chi connectivity index (χ3v) is 1.94. The Morgan fingerprint density at radius 2 is 2.06 bits per heavy atom. The van der Waals surface area contributed by atoms with Crippen LogP contribution in [0.3, 0.4) is 0 Å². The van der Waals surface area contributed by atoms with Gasteiger partial charge in [-0.3, -0.25) is 9.59 Å². The Morgan fingerprint density at radius 1 is 1.41 bits per heavy atom. The monoisotopic (exact) mass is 249 g/mol. The molecule has 1 aromatic heterocycles. The Kier molecular flexibility index (Phi) is 3.93. The van der Waals surface area contributed by atoms with Gasteiger partial charge in [-0.2, -0.15) is 13.2 Å². The molecule has 0 aliphatic heterocycles. The number of ether oxygens (including phenoxy) is 1. The number of H-pyrrole nitrogens is 1. The molecule has 0 aliphatic carbocycles. The normalized spacial score (nSPS) is 11.3. The van der Waals surface area contributed by atoms with Crippen LogP contribution in [-0.2, 0) is 22.1 Å². The highest BCUT2D eigenvalue weighted by molar-refractivity contribution is 5.72. The zero-order valence-corrected chi connectivity index (χ0v) is 8.93. The molecular formula is C10H10F3NO3. The average molecular weight is 249 g/mol. The van der Waals surface area contributed by atoms with Gasteiger partial charge in [-0.1, -0.05) is 6.07 Å². The number of halogens is 3. The molecule has 4 nitrogen and oxygen atoms in total. The number of hydrogen-bond acceptors (Lipinski definition) is 3. The predicted molar refractivity (Wildman–Crippen MR) is 52.4 cm³/mol. The number of aromatic amines is 1. The lowest BCUT2D eigenvalue weighted by molar-refractivity contribution is -0.142. The van der Waals surface area contributed by atoms with Gasteiger partial charge in [0.05, 0.1) is 13.0 Å². The van der Waals surface area contributed by atoms with E-state index < -0.39 is 23.4 Å². The molecule has 0 aromatic carbocycles. The topological polar surface area (TPSA) is 59.2 Å². The molecule has 7 heteroatoms. The van der Waals surface area contributed by atoms with Crippen LogP contribution < -0.4 is 5.56 Å². The van der Waals surface area contributed by atoms with Crippen LogP contribution >= 0.6 is 0 Å². The zero-order chi connectivity index (χ0) is 13.1. The molecule has 0 saturated heterocycles. The second kappa shape index (κ2) is 5.03. The van der Waals surface area contributed by atoms with Crippen molar-refractivity contribution in [1.29, 1.82) is 0 Å². The van der Waals surface area contributed by atoms with Crippen LogP contribution in [0.25, 0.3) is 0 Å². The van der Waals surface area contributed by atoms with E-state index in [1.165, 1.54) is 0 Å². The molecule has 17 heavy (non-hydrogen) atoms. The molecule has 0 amide bonds. The van der Waals surface area contributed by atoms with Crippen molar-refractivity contribution in [3.05, 3.63) is 33.7 Å². The molecular weight excluding hydrogens is 239 g/mol. The molecule has 0 bridgehead atoms. The molecule has 0 fully saturated rings. The van der Waals surface area contributed by atoms with Crippen molar-refractivity contribution in [1.82, 2.24) is 4.98 Å². The molecule has 0 saturated carbocycles. The first-order valence-corrected chi connectivity index (χ1v) is 4.79. The summed E-state index contributed by atoms with van der Waals surface area (Å²) < 4.78 is 41.2. The summed E-state index contributed by atoms with van der Waals surface area (Å²) in [6.07, 6.45) is -4.96. The molecule has 1 heterocycles. The van der Waals surface area contributed by atoms with Crippen LogP contribution in [0.5, 0.6) is 0 Å². The summed E-state index contributed by atoms with van der Waals surface area (Å²) in [6, 6.07) is 1.69. The van der Waals surface area contributed by atoms with E-state index >= 15 is 0 Å². The molecule has 0 radical (unpaired) electrons. The van der Waals surface area contributed by atoms with Gasteiger partial charge in [0.15, 0.2) is 0 Å². The Hall–Kier alpha value is -1.79. The van der Waals surface area contributed by atoms with Gasteiger partial charge >= 0.3 is 12.1 Å². The van der Waals surface area contributed by atoms with Crippen LogP contribution in [0.2, 0.25) is 0 Å². The Labute approximate surface area is 94.4 Å². The summed E-state index contributed by atoms with van der Waals surface area (Å²) in [4.78, 5) is 24.0. The number of nitrogens with one attached hydrogen (secondary N) is 1. The number of rotatable bonds is 3. The van der Waals surface area contributed by atoms with Gasteiger partial charge in [0.2, 0.25) is 0 Å². The first-order chi connectivity index (χ1) is 7.84. The third kappa shape index (κ3) is 3.61. The number of aromatic nitrogens is 1. The fraction of sp³-hybridized carbons (Fsp3) is 0.400. The minimum Gasteiger partial charge on any atom is -0.466 e. The summed E-state index contributed by atoms with van der Waals surface area (Å²) in [5, 5.41) is 0. The minimum absolute atomic E-state index is 0.0588. The van der Waals surface area contributed by atoms with E-state index in [9.17, 15) is 22.8 Å². The fourth-order valence-electron chi connectivity index (χ4n) is 1.18. The van der Waals surface area contributed by atoms with Gasteiger partial charge in [0.1, 0.15) is 5.69 Å². The van der Waals surface area contributed by atoms with Crippen molar-refractivity contribution in [2.75, 3.05) is 6.61 Å². The zero-order valence-electron chi connectivity index (χ0n) is 8.93. The maximum absolute atomic E-state index is 12.2. The summed E-state index contributed by atoms with van der Waals surface area (Å²) in [6.45, 7) is 1.74. The second-order valence-corrected chi connectivity index (χ2v) is 3.21. The summed E-state index contributed by atoms with van der Waals surface area (Å²) in [7, 11) is 0. The van der Waals surface area contributed by atoms with E-state index in [1.807, 2.05) is 0 Å². The SMILES string of the molecule is CCOC(=O)Cc1ccc(C(F)(F)F)[nH]c1=O. The number of pyridine rings is 1. The van der Waals surface area contributed by atoms with Crippen molar-refractivity contribution >= 4 is 5.97 Å². The molecule has 1 N–H and O–H groups in total. The van der Waals surface area contributed by atoms with E-state index in [0.29, 0.717) is 0 Å². The first kappa shape index (κ1) is 13.3. The van der Waals surface area contributed by atoms with Crippen LogP contribution in [0.1, 0.15) is 18.2 Å². The predicted octanol–water partition coefficient (Wildman–Crippen LogP) is 1.50. The quantitative estimate of drug-likeness (QED) is 0.826. The van der Waals surface area contributed by atoms with Gasteiger partial charge in [0.25, 0.3) is 5.56 Å². The van der Waals surface area contributed by atoms with Crippen molar-refractivity contribution in [3.63, 3.8) is 0 Å². The van der Waals surface area contributed by atoms with Crippen molar-refractivity contribution in [3.8, 4) is 0 Å². The van der Waals surface area contributed by atoms with E-state index in [1.54, 1.807) is 11.9 Å². The largest absolute Gasteiger partial charge is 0.466 e. The van der Waals surface area contributed by atoms with Gasteiger partial charge < -0.3 is 9.72 Å². The van der Waals surface area contributed by atoms with Crippen LogP contribution in [-0.4, -0.2) is 17.6 Å². The summed E-state index contributed by atoms with van der Waals surface area (Å²) in [5.74, 6) is -0.655. The van der Waals surface area contributed by atoms with E-state index in [4.69, 9.17) is 0 Å². The molecule has 1 aromatic rings. The van der Waals surface area contributed by atoms with Crippen LogP contribution in [0.15, 0.2) is 16.9 Å². The summed E-state index contributed by atoms with van der Waals surface area (Å²) in [5.41, 5.74) is -2.14. The number of carbonyl (C=O) groups excluding carboxylic acids is 1. The fourth-order valence-corrected chi connectivity index (χ4v) is 1.18. The lowest BCUT2D eigenvalue weighted by Gasteiger charge is -2.07. The molecule has 1 rings (SSSR count). The van der Waals surface area contributed by atoms with Gasteiger partial charge in [-0.25, -0.2) is 0 Å².